The number of fused-ring (bicyclic) bond motifs is 1. The van der Waals surface area contributed by atoms with E-state index in [1.54, 1.807) is 12.1 Å². The number of benzene rings is 1. The Kier molecular flexibility index (Phi) is 2.41. The van der Waals surface area contributed by atoms with Gasteiger partial charge in [-0.1, -0.05) is 19.4 Å². The molecule has 0 saturated carbocycles. The van der Waals surface area contributed by atoms with E-state index in [0.29, 0.717) is 10.9 Å². The molecule has 0 aliphatic heterocycles. The summed E-state index contributed by atoms with van der Waals surface area (Å²) in [6, 6.07) is 5.40. The number of H-pyrrole nitrogens is 1. The summed E-state index contributed by atoms with van der Waals surface area (Å²) >= 11 is 0. The molecular weight excluding hydrogens is 194 g/mol. The summed E-state index contributed by atoms with van der Waals surface area (Å²) in [5.74, 6) is -0.712. The summed E-state index contributed by atoms with van der Waals surface area (Å²) in [7, 11) is 0. The van der Waals surface area contributed by atoms with Crippen molar-refractivity contribution in [2.45, 2.75) is 19.8 Å². The quantitative estimate of drug-likeness (QED) is 0.806. The van der Waals surface area contributed by atoms with Gasteiger partial charge in [-0.05, 0) is 24.1 Å². The molecule has 0 radical (unpaired) electrons. The van der Waals surface area contributed by atoms with Crippen molar-refractivity contribution in [1.29, 1.82) is 0 Å². The predicted octanol–water partition coefficient (Wildman–Crippen LogP) is 1.43. The Morgan fingerprint density at radius 1 is 1.33 bits per heavy atom. The fourth-order valence-electron chi connectivity index (χ4n) is 1.59. The highest BCUT2D eigenvalue weighted by atomic mass is 16.4. The summed E-state index contributed by atoms with van der Waals surface area (Å²) in [6.45, 7) is 2.07. The predicted molar refractivity (Wildman–Crippen MR) is 57.1 cm³/mol. The molecule has 1 aromatic carbocycles. The van der Waals surface area contributed by atoms with E-state index in [4.69, 9.17) is 0 Å². The van der Waals surface area contributed by atoms with Crippen molar-refractivity contribution in [3.05, 3.63) is 44.7 Å². The fraction of sp³-hybridized carbons (Fsp3) is 0.273. The molecule has 4 nitrogen and oxygen atoms in total. The van der Waals surface area contributed by atoms with Crippen LogP contribution in [0, 0.1) is 0 Å². The highest BCUT2D eigenvalue weighted by Gasteiger charge is 2.03. The first kappa shape index (κ1) is 9.71. The van der Waals surface area contributed by atoms with Crippen molar-refractivity contribution in [3.8, 4) is 0 Å². The van der Waals surface area contributed by atoms with E-state index in [1.807, 2.05) is 6.07 Å². The van der Waals surface area contributed by atoms with E-state index in [2.05, 4.69) is 16.3 Å². The van der Waals surface area contributed by atoms with Crippen LogP contribution in [-0.4, -0.2) is 4.98 Å². The molecule has 4 heteroatoms. The molecule has 78 valence electrons. The van der Waals surface area contributed by atoms with Gasteiger partial charge in [0.15, 0.2) is 0 Å². The van der Waals surface area contributed by atoms with Crippen LogP contribution >= 0.6 is 0 Å². The molecule has 15 heavy (non-hydrogen) atoms. The van der Waals surface area contributed by atoms with Crippen molar-refractivity contribution >= 4 is 10.9 Å². The molecule has 0 atom stereocenters. The Labute approximate surface area is 85.6 Å². The van der Waals surface area contributed by atoms with Crippen molar-refractivity contribution in [2.24, 2.45) is 0 Å². The second kappa shape index (κ2) is 3.73. The Bertz CT molecular complexity index is 595. The smallest absolute Gasteiger partial charge is 0.372 e. The van der Waals surface area contributed by atoms with Crippen molar-refractivity contribution in [3.63, 3.8) is 0 Å². The molecule has 0 spiro atoms. The summed E-state index contributed by atoms with van der Waals surface area (Å²) in [6.07, 6.45) is 1.93. The van der Waals surface area contributed by atoms with Crippen LogP contribution < -0.4 is 11.4 Å². The van der Waals surface area contributed by atoms with E-state index >= 15 is 0 Å². The number of hydrogen-bond acceptors (Lipinski definition) is 3. The number of aromatic amines is 1. The number of rotatable bonds is 2. The second-order valence-electron chi connectivity index (χ2n) is 3.43. The molecule has 0 fully saturated rings. The molecule has 2 rings (SSSR count). The van der Waals surface area contributed by atoms with Gasteiger partial charge in [0.1, 0.15) is 0 Å². The van der Waals surface area contributed by atoms with Crippen LogP contribution in [0.1, 0.15) is 18.9 Å². The minimum absolute atomic E-state index is 0.431. The highest BCUT2D eigenvalue weighted by molar-refractivity contribution is 5.77. The van der Waals surface area contributed by atoms with Gasteiger partial charge in [-0.3, -0.25) is 4.98 Å². The van der Waals surface area contributed by atoms with Crippen molar-refractivity contribution < 1.29 is 4.42 Å². The first-order valence-corrected chi connectivity index (χ1v) is 4.87. The zero-order valence-corrected chi connectivity index (χ0v) is 8.37. The fourth-order valence-corrected chi connectivity index (χ4v) is 1.59. The van der Waals surface area contributed by atoms with Crippen LogP contribution in [0.5, 0.6) is 0 Å². The minimum Gasteiger partial charge on any atom is -0.372 e. The molecule has 2 aromatic rings. The lowest BCUT2D eigenvalue weighted by atomic mass is 10.1. The molecule has 0 aliphatic rings. The molecule has 0 bridgehead atoms. The summed E-state index contributed by atoms with van der Waals surface area (Å²) in [5, 5.41) is 0.431. The maximum Gasteiger partial charge on any atom is 0.419 e. The van der Waals surface area contributed by atoms with E-state index in [1.165, 1.54) is 0 Å². The van der Waals surface area contributed by atoms with Crippen LogP contribution in [0.3, 0.4) is 0 Å². The zero-order valence-electron chi connectivity index (χ0n) is 8.37. The van der Waals surface area contributed by atoms with E-state index in [9.17, 15) is 9.59 Å². The first-order valence-electron chi connectivity index (χ1n) is 4.87. The molecular formula is C11H11NO3. The zero-order chi connectivity index (χ0) is 10.8. The number of nitrogens with one attached hydrogen (secondary N) is 1. The van der Waals surface area contributed by atoms with Gasteiger partial charge >= 0.3 is 11.4 Å². The van der Waals surface area contributed by atoms with Crippen LogP contribution in [0.4, 0.5) is 0 Å². The standard InChI is InChI=1S/C11H11NO3/c1-2-3-7-4-5-9-8(6-7)10(13)15-11(14)12-9/h4-6H,2-3H2,1H3,(H,12,14). The van der Waals surface area contributed by atoms with Crippen LogP contribution in [0.2, 0.25) is 0 Å². The maximum absolute atomic E-state index is 11.4. The van der Waals surface area contributed by atoms with Crippen LogP contribution in [0.25, 0.3) is 10.9 Å². The third-order valence-electron chi connectivity index (χ3n) is 2.26. The normalized spacial score (nSPS) is 10.7. The molecule has 1 heterocycles. The van der Waals surface area contributed by atoms with Crippen LogP contribution in [0.15, 0.2) is 32.2 Å². The summed E-state index contributed by atoms with van der Waals surface area (Å²) in [4.78, 5) is 24.7. The third kappa shape index (κ3) is 1.83. The van der Waals surface area contributed by atoms with E-state index < -0.39 is 11.4 Å². The summed E-state index contributed by atoms with van der Waals surface area (Å²) in [5.41, 5.74) is 1.02. The first-order chi connectivity index (χ1) is 7.20. The highest BCUT2D eigenvalue weighted by Crippen LogP contribution is 2.10. The Hall–Kier alpha value is -1.84. The van der Waals surface area contributed by atoms with E-state index in [0.717, 1.165) is 18.4 Å². The Morgan fingerprint density at radius 2 is 2.13 bits per heavy atom. The van der Waals surface area contributed by atoms with Gasteiger partial charge in [0.25, 0.3) is 0 Å². The lowest BCUT2D eigenvalue weighted by Crippen LogP contribution is -2.14. The molecule has 0 aliphatic carbocycles. The molecule has 0 amide bonds. The lowest BCUT2D eigenvalue weighted by Gasteiger charge is -1.99. The molecule has 1 aromatic heterocycles. The van der Waals surface area contributed by atoms with Gasteiger partial charge in [-0.2, -0.15) is 0 Å². The maximum atomic E-state index is 11.4. The van der Waals surface area contributed by atoms with Crippen LogP contribution in [-0.2, 0) is 6.42 Å². The van der Waals surface area contributed by atoms with Gasteiger partial charge in [-0.15, -0.1) is 0 Å². The Balaban J connectivity index is 2.71. The third-order valence-corrected chi connectivity index (χ3v) is 2.26. The topological polar surface area (TPSA) is 63.1 Å². The van der Waals surface area contributed by atoms with Gasteiger partial charge in [0.2, 0.25) is 0 Å². The lowest BCUT2D eigenvalue weighted by molar-refractivity contribution is 0.460. The molecule has 0 unspecified atom stereocenters. The van der Waals surface area contributed by atoms with E-state index in [-0.39, 0.29) is 0 Å². The van der Waals surface area contributed by atoms with Gasteiger partial charge in [0, 0.05) is 0 Å². The largest absolute Gasteiger partial charge is 0.419 e. The average molecular weight is 205 g/mol. The van der Waals surface area contributed by atoms with Gasteiger partial charge in [0.05, 0.1) is 10.9 Å². The molecule has 0 saturated heterocycles. The second-order valence-corrected chi connectivity index (χ2v) is 3.43. The number of aromatic nitrogens is 1. The summed E-state index contributed by atoms with van der Waals surface area (Å²) < 4.78 is 4.46. The Morgan fingerprint density at radius 3 is 2.87 bits per heavy atom. The monoisotopic (exact) mass is 205 g/mol. The van der Waals surface area contributed by atoms with Crippen molar-refractivity contribution in [1.82, 2.24) is 4.98 Å². The number of aryl methyl sites for hydroxylation is 1. The molecule has 1 N–H and O–H groups in total. The minimum atomic E-state index is -0.712. The van der Waals surface area contributed by atoms with Gasteiger partial charge < -0.3 is 4.42 Å². The SMILES string of the molecule is CCCc1ccc2[nH]c(=O)oc(=O)c2c1. The van der Waals surface area contributed by atoms with Crippen molar-refractivity contribution in [2.75, 3.05) is 0 Å². The average Bonchev–Trinajstić information content (AvgIpc) is 2.19. The number of hydrogen-bond donors (Lipinski definition) is 1. The van der Waals surface area contributed by atoms with Gasteiger partial charge in [-0.25, -0.2) is 9.59 Å².